The number of pyridine rings is 1. The van der Waals surface area contributed by atoms with Gasteiger partial charge in [0.15, 0.2) is 0 Å². The molecule has 0 fully saturated rings. The Kier molecular flexibility index (Phi) is 4.04. The van der Waals surface area contributed by atoms with E-state index >= 15 is 0 Å². The maximum absolute atomic E-state index is 9.07. The monoisotopic (exact) mass is 299 g/mol. The molecule has 0 saturated heterocycles. The number of benzene rings is 2. The van der Waals surface area contributed by atoms with Gasteiger partial charge in [-0.1, -0.05) is 35.9 Å². The standard InChI is InChI=1S/C17H14ClNO2/c18-15-9-12(10-20)5-6-17(15)21-11-13-7-8-19-16-4-2-1-3-14(13)16/h1-9,20H,10-11H2. The van der Waals surface area contributed by atoms with Crippen LogP contribution in [-0.2, 0) is 13.2 Å². The van der Waals surface area contributed by atoms with Crippen LogP contribution in [0.5, 0.6) is 5.75 Å². The Morgan fingerprint density at radius 3 is 2.76 bits per heavy atom. The fraction of sp³-hybridized carbons (Fsp3) is 0.118. The molecule has 1 N–H and O–H groups in total. The van der Waals surface area contributed by atoms with Crippen LogP contribution in [0.2, 0.25) is 5.02 Å². The number of hydrogen-bond donors (Lipinski definition) is 1. The zero-order chi connectivity index (χ0) is 14.7. The van der Waals surface area contributed by atoms with Crippen molar-refractivity contribution in [3.05, 3.63) is 70.9 Å². The highest BCUT2D eigenvalue weighted by molar-refractivity contribution is 6.32. The summed E-state index contributed by atoms with van der Waals surface area (Å²) in [4.78, 5) is 4.33. The summed E-state index contributed by atoms with van der Waals surface area (Å²) in [6, 6.07) is 15.2. The lowest BCUT2D eigenvalue weighted by Crippen LogP contribution is -1.98. The summed E-state index contributed by atoms with van der Waals surface area (Å²) < 4.78 is 5.79. The molecular formula is C17H14ClNO2. The maximum Gasteiger partial charge on any atom is 0.138 e. The van der Waals surface area contributed by atoms with Crippen LogP contribution < -0.4 is 4.74 Å². The highest BCUT2D eigenvalue weighted by atomic mass is 35.5. The molecule has 2 aromatic carbocycles. The molecule has 3 nitrogen and oxygen atoms in total. The van der Waals surface area contributed by atoms with Gasteiger partial charge >= 0.3 is 0 Å². The summed E-state index contributed by atoms with van der Waals surface area (Å²) in [6.07, 6.45) is 1.78. The van der Waals surface area contributed by atoms with Gasteiger partial charge < -0.3 is 9.84 Å². The Morgan fingerprint density at radius 1 is 1.10 bits per heavy atom. The molecule has 0 aliphatic carbocycles. The third-order valence-electron chi connectivity index (χ3n) is 3.30. The summed E-state index contributed by atoms with van der Waals surface area (Å²) in [5, 5.41) is 10.6. The minimum absolute atomic E-state index is 0.0327. The van der Waals surface area contributed by atoms with Crippen molar-refractivity contribution in [2.45, 2.75) is 13.2 Å². The number of para-hydroxylation sites is 1. The zero-order valence-electron chi connectivity index (χ0n) is 11.3. The van der Waals surface area contributed by atoms with Crippen LogP contribution >= 0.6 is 11.6 Å². The zero-order valence-corrected chi connectivity index (χ0v) is 12.0. The van der Waals surface area contributed by atoms with Gasteiger partial charge in [-0.15, -0.1) is 0 Å². The minimum atomic E-state index is -0.0327. The molecule has 0 aliphatic rings. The van der Waals surface area contributed by atoms with Crippen LogP contribution in [0.1, 0.15) is 11.1 Å². The molecule has 0 radical (unpaired) electrons. The van der Waals surface area contributed by atoms with Crippen LogP contribution in [0.4, 0.5) is 0 Å². The van der Waals surface area contributed by atoms with Crippen molar-refractivity contribution < 1.29 is 9.84 Å². The lowest BCUT2D eigenvalue weighted by molar-refractivity contribution is 0.281. The molecular weight excluding hydrogens is 286 g/mol. The van der Waals surface area contributed by atoms with Gasteiger partial charge in [0.05, 0.1) is 17.1 Å². The number of halogens is 1. The molecule has 1 aromatic heterocycles. The summed E-state index contributed by atoms with van der Waals surface area (Å²) in [6.45, 7) is 0.385. The minimum Gasteiger partial charge on any atom is -0.487 e. The number of hydrogen-bond acceptors (Lipinski definition) is 3. The van der Waals surface area contributed by atoms with Crippen molar-refractivity contribution >= 4 is 22.5 Å². The molecule has 0 atom stereocenters. The van der Waals surface area contributed by atoms with E-state index in [1.165, 1.54) is 0 Å². The molecule has 0 spiro atoms. The van der Waals surface area contributed by atoms with Crippen molar-refractivity contribution in [1.29, 1.82) is 0 Å². The van der Waals surface area contributed by atoms with Gasteiger partial charge in [0, 0.05) is 17.1 Å². The Bertz CT molecular complexity index is 768. The van der Waals surface area contributed by atoms with Gasteiger partial charge in [-0.05, 0) is 29.8 Å². The van der Waals surface area contributed by atoms with Gasteiger partial charge in [0.25, 0.3) is 0 Å². The second-order valence-corrected chi connectivity index (χ2v) is 5.11. The first kappa shape index (κ1) is 13.9. The van der Waals surface area contributed by atoms with E-state index in [1.54, 1.807) is 24.4 Å². The summed E-state index contributed by atoms with van der Waals surface area (Å²) in [5.41, 5.74) is 2.77. The predicted molar refractivity (Wildman–Crippen MR) is 83.4 cm³/mol. The molecule has 106 valence electrons. The quantitative estimate of drug-likeness (QED) is 0.793. The van der Waals surface area contributed by atoms with E-state index in [4.69, 9.17) is 21.4 Å². The molecule has 3 rings (SSSR count). The Morgan fingerprint density at radius 2 is 1.95 bits per heavy atom. The molecule has 21 heavy (non-hydrogen) atoms. The van der Waals surface area contributed by atoms with Crippen molar-refractivity contribution in [1.82, 2.24) is 4.98 Å². The average Bonchev–Trinajstić information content (AvgIpc) is 2.53. The molecule has 3 aromatic rings. The van der Waals surface area contributed by atoms with E-state index in [0.717, 1.165) is 22.0 Å². The average molecular weight is 300 g/mol. The highest BCUT2D eigenvalue weighted by Gasteiger charge is 2.06. The van der Waals surface area contributed by atoms with Gasteiger partial charge in [-0.25, -0.2) is 0 Å². The van der Waals surface area contributed by atoms with Crippen LogP contribution in [0.15, 0.2) is 54.7 Å². The Labute approximate surface area is 127 Å². The smallest absolute Gasteiger partial charge is 0.138 e. The number of ether oxygens (including phenoxy) is 1. The van der Waals surface area contributed by atoms with Crippen molar-refractivity contribution in [3.63, 3.8) is 0 Å². The number of aliphatic hydroxyl groups excluding tert-OH is 1. The fourth-order valence-corrected chi connectivity index (χ4v) is 2.45. The molecule has 4 heteroatoms. The first-order chi connectivity index (χ1) is 10.3. The number of aliphatic hydroxyl groups is 1. The van der Waals surface area contributed by atoms with E-state index in [2.05, 4.69) is 4.98 Å². The van der Waals surface area contributed by atoms with E-state index in [0.29, 0.717) is 17.4 Å². The van der Waals surface area contributed by atoms with E-state index in [-0.39, 0.29) is 6.61 Å². The van der Waals surface area contributed by atoms with Crippen molar-refractivity contribution in [3.8, 4) is 5.75 Å². The van der Waals surface area contributed by atoms with Crippen LogP contribution in [0.25, 0.3) is 10.9 Å². The maximum atomic E-state index is 9.07. The van der Waals surface area contributed by atoms with E-state index in [9.17, 15) is 0 Å². The molecule has 0 aliphatic heterocycles. The third-order valence-corrected chi connectivity index (χ3v) is 3.60. The molecule has 0 unspecified atom stereocenters. The second kappa shape index (κ2) is 6.12. The number of nitrogens with zero attached hydrogens (tertiary/aromatic N) is 1. The van der Waals surface area contributed by atoms with Crippen LogP contribution in [0, 0.1) is 0 Å². The lowest BCUT2D eigenvalue weighted by Gasteiger charge is -2.10. The number of fused-ring (bicyclic) bond motifs is 1. The van der Waals surface area contributed by atoms with Crippen LogP contribution in [-0.4, -0.2) is 10.1 Å². The molecule has 0 saturated carbocycles. The van der Waals surface area contributed by atoms with Crippen LogP contribution in [0.3, 0.4) is 0 Å². The second-order valence-electron chi connectivity index (χ2n) is 4.70. The molecule has 1 heterocycles. The SMILES string of the molecule is OCc1ccc(OCc2ccnc3ccccc23)c(Cl)c1. The summed E-state index contributed by atoms with van der Waals surface area (Å²) in [7, 11) is 0. The first-order valence-corrected chi connectivity index (χ1v) is 7.00. The van der Waals surface area contributed by atoms with Crippen molar-refractivity contribution in [2.24, 2.45) is 0 Å². The van der Waals surface area contributed by atoms with Gasteiger partial charge in [-0.3, -0.25) is 4.98 Å². The summed E-state index contributed by atoms with van der Waals surface area (Å²) >= 11 is 6.14. The van der Waals surface area contributed by atoms with Gasteiger partial charge in [0.2, 0.25) is 0 Å². The highest BCUT2D eigenvalue weighted by Crippen LogP contribution is 2.27. The van der Waals surface area contributed by atoms with Crippen molar-refractivity contribution in [2.75, 3.05) is 0 Å². The normalized spacial score (nSPS) is 10.8. The largest absolute Gasteiger partial charge is 0.487 e. The van der Waals surface area contributed by atoms with E-state index in [1.807, 2.05) is 30.3 Å². The fourth-order valence-electron chi connectivity index (χ4n) is 2.20. The summed E-state index contributed by atoms with van der Waals surface area (Å²) in [5.74, 6) is 0.606. The number of aromatic nitrogens is 1. The molecule has 0 amide bonds. The van der Waals surface area contributed by atoms with Gasteiger partial charge in [-0.2, -0.15) is 0 Å². The Balaban J connectivity index is 1.84. The topological polar surface area (TPSA) is 42.4 Å². The van der Waals surface area contributed by atoms with Gasteiger partial charge in [0.1, 0.15) is 12.4 Å². The third kappa shape index (κ3) is 2.99. The lowest BCUT2D eigenvalue weighted by atomic mass is 10.1. The predicted octanol–water partition coefficient (Wildman–Crippen LogP) is 3.96. The first-order valence-electron chi connectivity index (χ1n) is 6.62. The Hall–Kier alpha value is -2.10. The van der Waals surface area contributed by atoms with E-state index < -0.39 is 0 Å². The molecule has 0 bridgehead atoms. The number of rotatable bonds is 4.